The summed E-state index contributed by atoms with van der Waals surface area (Å²) in [5.41, 5.74) is 2.36. The molecule has 1 N–H and O–H groups in total. The Morgan fingerprint density at radius 2 is 1.77 bits per heavy atom. The van der Waals surface area contributed by atoms with Gasteiger partial charge in [0.25, 0.3) is 5.91 Å². The van der Waals surface area contributed by atoms with Crippen molar-refractivity contribution < 1.29 is 9.53 Å². The number of aromatic nitrogens is 1. The topological polar surface area (TPSA) is 51.2 Å². The third-order valence-corrected chi connectivity index (χ3v) is 4.44. The standard InChI is InChI=1S/C22H18N2O2/c1-26-19-10-9-17-12-15(7-8-18(17)13-19)14-24-22(25)20-6-2-4-16-5-3-11-23-21(16)20/h2-13H,14H2,1H3,(H,24,25). The first kappa shape index (κ1) is 16.1. The summed E-state index contributed by atoms with van der Waals surface area (Å²) >= 11 is 0. The van der Waals surface area contributed by atoms with Crippen LogP contribution in [0.5, 0.6) is 5.75 Å². The molecule has 4 heteroatoms. The van der Waals surface area contributed by atoms with Crippen LogP contribution in [-0.4, -0.2) is 18.0 Å². The molecule has 0 saturated carbocycles. The first-order chi connectivity index (χ1) is 12.7. The zero-order valence-electron chi connectivity index (χ0n) is 14.4. The first-order valence-electron chi connectivity index (χ1n) is 8.43. The third-order valence-electron chi connectivity index (χ3n) is 4.44. The number of amides is 1. The molecule has 0 spiro atoms. The van der Waals surface area contributed by atoms with Crippen molar-refractivity contribution in [2.24, 2.45) is 0 Å². The highest BCUT2D eigenvalue weighted by molar-refractivity contribution is 6.05. The van der Waals surface area contributed by atoms with Crippen molar-refractivity contribution in [3.05, 3.63) is 84.1 Å². The van der Waals surface area contributed by atoms with E-state index >= 15 is 0 Å². The summed E-state index contributed by atoms with van der Waals surface area (Å²) in [7, 11) is 1.66. The Balaban J connectivity index is 1.54. The van der Waals surface area contributed by atoms with Gasteiger partial charge in [0, 0.05) is 18.1 Å². The normalized spacial score (nSPS) is 10.8. The number of nitrogens with one attached hydrogen (secondary N) is 1. The third kappa shape index (κ3) is 3.09. The maximum Gasteiger partial charge on any atom is 0.253 e. The molecule has 0 aliphatic carbocycles. The Morgan fingerprint density at radius 3 is 2.65 bits per heavy atom. The fourth-order valence-corrected chi connectivity index (χ4v) is 3.08. The molecule has 1 amide bonds. The molecule has 1 aromatic heterocycles. The fourth-order valence-electron chi connectivity index (χ4n) is 3.08. The molecule has 4 aromatic rings. The lowest BCUT2D eigenvalue weighted by Gasteiger charge is -2.09. The molecule has 0 aliphatic rings. The van der Waals surface area contributed by atoms with Crippen LogP contribution in [0.2, 0.25) is 0 Å². The van der Waals surface area contributed by atoms with Gasteiger partial charge in [0.1, 0.15) is 5.75 Å². The summed E-state index contributed by atoms with van der Waals surface area (Å²) in [4.78, 5) is 17.0. The van der Waals surface area contributed by atoms with Crippen molar-refractivity contribution in [1.29, 1.82) is 0 Å². The average Bonchev–Trinajstić information content (AvgIpc) is 2.71. The van der Waals surface area contributed by atoms with Gasteiger partial charge in [-0.25, -0.2) is 0 Å². The van der Waals surface area contributed by atoms with Crippen LogP contribution >= 0.6 is 0 Å². The van der Waals surface area contributed by atoms with Gasteiger partial charge in [0.05, 0.1) is 18.2 Å². The Bertz CT molecular complexity index is 1100. The number of methoxy groups -OCH3 is 1. The Kier molecular flexibility index (Phi) is 4.23. The summed E-state index contributed by atoms with van der Waals surface area (Å²) in [5, 5.41) is 6.17. The highest BCUT2D eigenvalue weighted by Crippen LogP contribution is 2.22. The molecular weight excluding hydrogens is 324 g/mol. The van der Waals surface area contributed by atoms with Crippen molar-refractivity contribution >= 4 is 27.6 Å². The van der Waals surface area contributed by atoms with E-state index < -0.39 is 0 Å². The van der Waals surface area contributed by atoms with E-state index in [-0.39, 0.29) is 5.91 Å². The monoisotopic (exact) mass is 342 g/mol. The second kappa shape index (κ2) is 6.84. The van der Waals surface area contributed by atoms with E-state index in [9.17, 15) is 4.79 Å². The molecule has 0 radical (unpaired) electrons. The molecule has 0 unspecified atom stereocenters. The van der Waals surface area contributed by atoms with Gasteiger partial charge in [0.2, 0.25) is 0 Å². The number of nitrogens with zero attached hydrogens (tertiary/aromatic N) is 1. The Labute approximate surface area is 151 Å². The molecule has 0 atom stereocenters. The highest BCUT2D eigenvalue weighted by Gasteiger charge is 2.10. The smallest absolute Gasteiger partial charge is 0.253 e. The molecule has 0 saturated heterocycles. The predicted octanol–water partition coefficient (Wildman–Crippen LogP) is 4.33. The summed E-state index contributed by atoms with van der Waals surface area (Å²) in [6.45, 7) is 0.462. The SMILES string of the molecule is COc1ccc2cc(CNC(=O)c3cccc4cccnc34)ccc2c1. The maximum absolute atomic E-state index is 12.6. The zero-order chi connectivity index (χ0) is 17.9. The number of benzene rings is 3. The van der Waals surface area contributed by atoms with E-state index in [1.165, 1.54) is 0 Å². The largest absolute Gasteiger partial charge is 0.497 e. The molecule has 4 rings (SSSR count). The predicted molar refractivity (Wildman–Crippen MR) is 103 cm³/mol. The lowest BCUT2D eigenvalue weighted by atomic mass is 10.1. The number of para-hydroxylation sites is 1. The van der Waals surface area contributed by atoms with E-state index in [1.54, 1.807) is 19.4 Å². The Hall–Kier alpha value is -3.40. The number of rotatable bonds is 4. The summed E-state index contributed by atoms with van der Waals surface area (Å²) in [5.74, 6) is 0.714. The molecule has 0 fully saturated rings. The van der Waals surface area contributed by atoms with Gasteiger partial charge in [0.15, 0.2) is 0 Å². The maximum atomic E-state index is 12.6. The average molecular weight is 342 g/mol. The van der Waals surface area contributed by atoms with Crippen molar-refractivity contribution in [1.82, 2.24) is 10.3 Å². The number of hydrogen-bond acceptors (Lipinski definition) is 3. The van der Waals surface area contributed by atoms with Crippen LogP contribution in [0.1, 0.15) is 15.9 Å². The number of fused-ring (bicyclic) bond motifs is 2. The van der Waals surface area contributed by atoms with E-state index in [4.69, 9.17) is 4.74 Å². The molecule has 0 aliphatic heterocycles. The zero-order valence-corrected chi connectivity index (χ0v) is 14.4. The minimum absolute atomic E-state index is 0.121. The quantitative estimate of drug-likeness (QED) is 0.601. The molecule has 26 heavy (non-hydrogen) atoms. The summed E-state index contributed by atoms with van der Waals surface area (Å²) < 4.78 is 5.25. The highest BCUT2D eigenvalue weighted by atomic mass is 16.5. The molecule has 1 heterocycles. The number of carbonyl (C=O) groups excluding carboxylic acids is 1. The number of carbonyl (C=O) groups is 1. The van der Waals surface area contributed by atoms with Gasteiger partial charge in [-0.3, -0.25) is 9.78 Å². The van der Waals surface area contributed by atoms with Crippen LogP contribution in [0.15, 0.2) is 72.9 Å². The first-order valence-corrected chi connectivity index (χ1v) is 8.43. The van der Waals surface area contributed by atoms with Gasteiger partial charge >= 0.3 is 0 Å². The van der Waals surface area contributed by atoms with E-state index in [0.29, 0.717) is 12.1 Å². The minimum atomic E-state index is -0.121. The fraction of sp³-hybridized carbons (Fsp3) is 0.0909. The van der Waals surface area contributed by atoms with Crippen LogP contribution in [0.4, 0.5) is 0 Å². The van der Waals surface area contributed by atoms with Gasteiger partial charge in [-0.15, -0.1) is 0 Å². The Morgan fingerprint density at radius 1 is 0.962 bits per heavy atom. The minimum Gasteiger partial charge on any atom is -0.497 e. The van der Waals surface area contributed by atoms with Gasteiger partial charge in [-0.2, -0.15) is 0 Å². The van der Waals surface area contributed by atoms with Gasteiger partial charge in [-0.1, -0.05) is 36.4 Å². The van der Waals surface area contributed by atoms with Crippen LogP contribution in [0.3, 0.4) is 0 Å². The van der Waals surface area contributed by atoms with Crippen LogP contribution in [0, 0.1) is 0 Å². The number of ether oxygens (including phenoxy) is 1. The van der Waals surface area contributed by atoms with Crippen molar-refractivity contribution in [2.75, 3.05) is 7.11 Å². The van der Waals surface area contributed by atoms with E-state index in [0.717, 1.165) is 33.0 Å². The summed E-state index contributed by atoms with van der Waals surface area (Å²) in [6, 6.07) is 21.6. The van der Waals surface area contributed by atoms with E-state index in [2.05, 4.69) is 16.4 Å². The van der Waals surface area contributed by atoms with Crippen molar-refractivity contribution in [3.8, 4) is 5.75 Å². The molecular formula is C22H18N2O2. The van der Waals surface area contributed by atoms with Crippen LogP contribution in [-0.2, 0) is 6.54 Å². The second-order valence-electron chi connectivity index (χ2n) is 6.11. The summed E-state index contributed by atoms with van der Waals surface area (Å²) in [6.07, 6.45) is 1.71. The van der Waals surface area contributed by atoms with Crippen molar-refractivity contribution in [2.45, 2.75) is 6.54 Å². The van der Waals surface area contributed by atoms with Gasteiger partial charge < -0.3 is 10.1 Å². The van der Waals surface area contributed by atoms with Crippen molar-refractivity contribution in [3.63, 3.8) is 0 Å². The number of hydrogen-bond donors (Lipinski definition) is 1. The van der Waals surface area contributed by atoms with Crippen LogP contribution < -0.4 is 10.1 Å². The van der Waals surface area contributed by atoms with Crippen LogP contribution in [0.25, 0.3) is 21.7 Å². The molecule has 128 valence electrons. The molecule has 4 nitrogen and oxygen atoms in total. The second-order valence-corrected chi connectivity index (χ2v) is 6.11. The molecule has 0 bridgehead atoms. The lowest BCUT2D eigenvalue weighted by molar-refractivity contribution is 0.0952. The van der Waals surface area contributed by atoms with E-state index in [1.807, 2.05) is 54.6 Å². The van der Waals surface area contributed by atoms with Gasteiger partial charge in [-0.05, 0) is 46.7 Å². The lowest BCUT2D eigenvalue weighted by Crippen LogP contribution is -2.23. The molecule has 3 aromatic carbocycles. The number of pyridine rings is 1.